The lowest BCUT2D eigenvalue weighted by Gasteiger charge is -2.16. The van der Waals surface area contributed by atoms with Crippen molar-refractivity contribution in [3.8, 4) is 0 Å². The topological polar surface area (TPSA) is 17.0 Å². The predicted octanol–water partition coefficient (Wildman–Crippen LogP) is 4.20. The second-order valence-corrected chi connectivity index (χ2v) is 5.24. The highest BCUT2D eigenvalue weighted by molar-refractivity contribution is 5.06. The molecule has 0 aromatic carbocycles. The summed E-state index contributed by atoms with van der Waals surface area (Å²) < 4.78 is 2.36. The van der Waals surface area contributed by atoms with E-state index in [9.17, 15) is 0 Å². The molecule has 0 radical (unpaired) electrons. The maximum atomic E-state index is 3.63. The van der Waals surface area contributed by atoms with E-state index in [-0.39, 0.29) is 0 Å². The van der Waals surface area contributed by atoms with E-state index in [2.05, 4.69) is 49.0 Å². The van der Waals surface area contributed by atoms with Crippen LogP contribution in [0.15, 0.2) is 18.3 Å². The summed E-state index contributed by atoms with van der Waals surface area (Å²) in [5, 5.41) is 3.63. The maximum absolute atomic E-state index is 3.63. The summed E-state index contributed by atoms with van der Waals surface area (Å²) in [7, 11) is 0. The zero-order valence-corrected chi connectivity index (χ0v) is 12.4. The molecule has 0 saturated carbocycles. The number of rotatable bonds is 10. The first-order chi connectivity index (χ1) is 8.81. The average Bonchev–Trinajstić information content (AvgIpc) is 2.81. The smallest absolute Gasteiger partial charge is 0.0359 e. The normalized spacial score (nSPS) is 12.8. The van der Waals surface area contributed by atoms with Crippen molar-refractivity contribution in [1.29, 1.82) is 0 Å². The third-order valence-corrected chi connectivity index (χ3v) is 3.67. The molecule has 1 rings (SSSR count). The number of hydrogen-bond donors (Lipinski definition) is 1. The van der Waals surface area contributed by atoms with Gasteiger partial charge in [0, 0.05) is 25.0 Å². The minimum Gasteiger partial charge on any atom is -0.350 e. The minimum absolute atomic E-state index is 0.847. The molecule has 0 aliphatic rings. The molecular formula is C16H30N2. The van der Waals surface area contributed by atoms with E-state index in [0.29, 0.717) is 0 Å². The lowest BCUT2D eigenvalue weighted by atomic mass is 9.99. The Morgan fingerprint density at radius 1 is 1.22 bits per heavy atom. The molecule has 0 bridgehead atoms. The summed E-state index contributed by atoms with van der Waals surface area (Å²) in [6, 6.07) is 4.39. The summed E-state index contributed by atoms with van der Waals surface area (Å²) >= 11 is 0. The van der Waals surface area contributed by atoms with Gasteiger partial charge in [-0.05, 0) is 37.4 Å². The molecule has 2 nitrogen and oxygen atoms in total. The molecule has 0 amide bonds. The van der Waals surface area contributed by atoms with Gasteiger partial charge in [0.1, 0.15) is 0 Å². The van der Waals surface area contributed by atoms with Crippen molar-refractivity contribution < 1.29 is 0 Å². The Bertz CT molecular complexity index is 304. The third kappa shape index (κ3) is 5.26. The highest BCUT2D eigenvalue weighted by atomic mass is 15.0. The first kappa shape index (κ1) is 15.3. The van der Waals surface area contributed by atoms with Crippen LogP contribution in [0.2, 0.25) is 0 Å². The van der Waals surface area contributed by atoms with Gasteiger partial charge in [-0.2, -0.15) is 0 Å². The van der Waals surface area contributed by atoms with Gasteiger partial charge in [0.15, 0.2) is 0 Å². The molecule has 18 heavy (non-hydrogen) atoms. The van der Waals surface area contributed by atoms with Gasteiger partial charge in [0.05, 0.1) is 0 Å². The summed E-state index contributed by atoms with van der Waals surface area (Å²) in [5.74, 6) is 0.847. The predicted molar refractivity (Wildman–Crippen MR) is 79.7 cm³/mol. The summed E-state index contributed by atoms with van der Waals surface area (Å²) in [5.41, 5.74) is 1.42. The molecule has 1 heterocycles. The quantitative estimate of drug-likeness (QED) is 0.658. The monoisotopic (exact) mass is 250 g/mol. The van der Waals surface area contributed by atoms with Crippen LogP contribution in [0.25, 0.3) is 0 Å². The molecular weight excluding hydrogens is 220 g/mol. The fourth-order valence-electron chi connectivity index (χ4n) is 2.42. The average molecular weight is 250 g/mol. The largest absolute Gasteiger partial charge is 0.350 e. The van der Waals surface area contributed by atoms with Gasteiger partial charge in [0.25, 0.3) is 0 Å². The standard InChI is InChI=1S/C16H30N2/c1-4-7-9-15(6-3)13-17-14-16-10-8-12-18(16)11-5-2/h8,10,12,15,17H,4-7,9,11,13-14H2,1-3H3. The van der Waals surface area contributed by atoms with E-state index >= 15 is 0 Å². The summed E-state index contributed by atoms with van der Waals surface area (Å²) in [4.78, 5) is 0. The molecule has 0 saturated heterocycles. The maximum Gasteiger partial charge on any atom is 0.0359 e. The lowest BCUT2D eigenvalue weighted by molar-refractivity contribution is 0.415. The van der Waals surface area contributed by atoms with Gasteiger partial charge in [-0.3, -0.25) is 0 Å². The molecule has 1 atom stereocenters. The van der Waals surface area contributed by atoms with Crippen LogP contribution in [0.5, 0.6) is 0 Å². The van der Waals surface area contributed by atoms with Gasteiger partial charge in [-0.15, -0.1) is 0 Å². The molecule has 1 N–H and O–H groups in total. The highest BCUT2D eigenvalue weighted by Gasteiger charge is 2.06. The number of nitrogens with zero attached hydrogens (tertiary/aromatic N) is 1. The van der Waals surface area contributed by atoms with Crippen molar-refractivity contribution in [3.05, 3.63) is 24.0 Å². The van der Waals surface area contributed by atoms with Crippen LogP contribution >= 0.6 is 0 Å². The second-order valence-electron chi connectivity index (χ2n) is 5.24. The molecule has 0 spiro atoms. The van der Waals surface area contributed by atoms with Crippen molar-refractivity contribution in [1.82, 2.24) is 9.88 Å². The van der Waals surface area contributed by atoms with E-state index < -0.39 is 0 Å². The zero-order valence-electron chi connectivity index (χ0n) is 12.4. The van der Waals surface area contributed by atoms with Crippen LogP contribution in [-0.2, 0) is 13.1 Å². The lowest BCUT2D eigenvalue weighted by Crippen LogP contribution is -2.23. The Morgan fingerprint density at radius 2 is 2.06 bits per heavy atom. The molecule has 1 unspecified atom stereocenters. The molecule has 0 fully saturated rings. The Morgan fingerprint density at radius 3 is 2.72 bits per heavy atom. The number of unbranched alkanes of at least 4 members (excludes halogenated alkanes) is 1. The van der Waals surface area contributed by atoms with Crippen molar-refractivity contribution in [3.63, 3.8) is 0 Å². The van der Waals surface area contributed by atoms with Gasteiger partial charge in [-0.1, -0.05) is 40.0 Å². The van der Waals surface area contributed by atoms with Crippen molar-refractivity contribution in [2.75, 3.05) is 6.54 Å². The number of aryl methyl sites for hydroxylation is 1. The van der Waals surface area contributed by atoms with Gasteiger partial charge < -0.3 is 9.88 Å². The number of nitrogens with one attached hydrogen (secondary N) is 1. The van der Waals surface area contributed by atoms with E-state index in [0.717, 1.165) is 25.6 Å². The van der Waals surface area contributed by atoms with E-state index in [1.54, 1.807) is 0 Å². The van der Waals surface area contributed by atoms with Crippen LogP contribution in [0.3, 0.4) is 0 Å². The van der Waals surface area contributed by atoms with Crippen LogP contribution in [-0.4, -0.2) is 11.1 Å². The fourth-order valence-corrected chi connectivity index (χ4v) is 2.42. The fraction of sp³-hybridized carbons (Fsp3) is 0.750. The van der Waals surface area contributed by atoms with Gasteiger partial charge in [0.2, 0.25) is 0 Å². The molecule has 1 aromatic heterocycles. The molecule has 0 aliphatic heterocycles. The number of hydrogen-bond acceptors (Lipinski definition) is 1. The Labute approximate surface area is 113 Å². The summed E-state index contributed by atoms with van der Waals surface area (Å²) in [6.45, 7) is 10.1. The second kappa shape index (κ2) is 9.21. The Balaban J connectivity index is 2.28. The van der Waals surface area contributed by atoms with Crippen LogP contribution in [0.1, 0.15) is 58.6 Å². The molecule has 104 valence electrons. The Hall–Kier alpha value is -0.760. The molecule has 1 aromatic rings. The SMILES string of the molecule is CCCCC(CC)CNCc1cccn1CCC. The zero-order chi connectivity index (χ0) is 13.2. The summed E-state index contributed by atoms with van der Waals surface area (Å²) in [6.07, 6.45) is 8.74. The van der Waals surface area contributed by atoms with E-state index in [1.807, 2.05) is 0 Å². The third-order valence-electron chi connectivity index (χ3n) is 3.67. The molecule has 2 heteroatoms. The first-order valence-electron chi connectivity index (χ1n) is 7.66. The first-order valence-corrected chi connectivity index (χ1v) is 7.66. The highest BCUT2D eigenvalue weighted by Crippen LogP contribution is 2.11. The van der Waals surface area contributed by atoms with Crippen LogP contribution < -0.4 is 5.32 Å². The van der Waals surface area contributed by atoms with Crippen molar-refractivity contribution in [2.24, 2.45) is 5.92 Å². The minimum atomic E-state index is 0.847. The van der Waals surface area contributed by atoms with Crippen molar-refractivity contribution >= 4 is 0 Å². The van der Waals surface area contributed by atoms with E-state index in [1.165, 1.54) is 37.8 Å². The van der Waals surface area contributed by atoms with E-state index in [4.69, 9.17) is 0 Å². The van der Waals surface area contributed by atoms with Crippen molar-refractivity contribution in [2.45, 2.75) is 66.0 Å². The Kier molecular flexibility index (Phi) is 7.83. The molecule has 0 aliphatic carbocycles. The van der Waals surface area contributed by atoms with Crippen LogP contribution in [0, 0.1) is 5.92 Å². The van der Waals surface area contributed by atoms with Crippen LogP contribution in [0.4, 0.5) is 0 Å². The van der Waals surface area contributed by atoms with Gasteiger partial charge in [-0.25, -0.2) is 0 Å². The van der Waals surface area contributed by atoms with Gasteiger partial charge >= 0.3 is 0 Å². The number of aromatic nitrogens is 1.